The van der Waals surface area contributed by atoms with Gasteiger partial charge in [0, 0.05) is 13.1 Å². The Morgan fingerprint density at radius 3 is 2.58 bits per heavy atom. The molecule has 106 valence electrons. The zero-order valence-corrected chi connectivity index (χ0v) is 11.8. The van der Waals surface area contributed by atoms with Crippen LogP contribution in [0.4, 0.5) is 0 Å². The Morgan fingerprint density at radius 1 is 1.11 bits per heavy atom. The van der Waals surface area contributed by atoms with E-state index >= 15 is 0 Å². The van der Waals surface area contributed by atoms with Crippen molar-refractivity contribution in [3.8, 4) is 0 Å². The first-order valence-electron chi connectivity index (χ1n) is 7.73. The first kappa shape index (κ1) is 12.9. The van der Waals surface area contributed by atoms with E-state index in [-0.39, 0.29) is 17.9 Å². The molecule has 3 fully saturated rings. The van der Waals surface area contributed by atoms with Crippen LogP contribution in [-0.2, 0) is 9.59 Å². The standard InChI is InChI=1S/C15H24N2O2/c1-11-4-6-12(7-5-11)9-16-10-14(18)17-8-2-3-13(17)15(16)19/h11-13H,2-10H2,1H3. The number of carbonyl (C=O) groups excluding carboxylic acids is 2. The average Bonchev–Trinajstić information content (AvgIpc) is 2.88. The Kier molecular flexibility index (Phi) is 3.50. The van der Waals surface area contributed by atoms with E-state index in [1.165, 1.54) is 25.7 Å². The van der Waals surface area contributed by atoms with Gasteiger partial charge in [-0.15, -0.1) is 0 Å². The molecule has 2 aliphatic heterocycles. The second-order valence-corrected chi connectivity index (χ2v) is 6.59. The molecular formula is C15H24N2O2. The van der Waals surface area contributed by atoms with Crippen LogP contribution in [0.5, 0.6) is 0 Å². The van der Waals surface area contributed by atoms with Crippen LogP contribution >= 0.6 is 0 Å². The van der Waals surface area contributed by atoms with E-state index in [1.54, 1.807) is 4.90 Å². The molecule has 2 amide bonds. The summed E-state index contributed by atoms with van der Waals surface area (Å²) < 4.78 is 0. The molecule has 1 aliphatic carbocycles. The molecule has 1 saturated carbocycles. The maximum Gasteiger partial charge on any atom is 0.245 e. The highest BCUT2D eigenvalue weighted by molar-refractivity contribution is 5.95. The van der Waals surface area contributed by atoms with Crippen molar-refractivity contribution in [3.63, 3.8) is 0 Å². The first-order chi connectivity index (χ1) is 9.15. The highest BCUT2D eigenvalue weighted by Gasteiger charge is 2.42. The van der Waals surface area contributed by atoms with Crippen molar-refractivity contribution < 1.29 is 9.59 Å². The van der Waals surface area contributed by atoms with Gasteiger partial charge < -0.3 is 9.80 Å². The molecule has 0 spiro atoms. The lowest BCUT2D eigenvalue weighted by Crippen LogP contribution is -2.58. The Morgan fingerprint density at radius 2 is 1.84 bits per heavy atom. The second kappa shape index (κ2) is 5.14. The Labute approximate surface area is 115 Å². The van der Waals surface area contributed by atoms with E-state index in [4.69, 9.17) is 0 Å². The molecule has 3 aliphatic rings. The lowest BCUT2D eigenvalue weighted by molar-refractivity contribution is -0.154. The monoisotopic (exact) mass is 264 g/mol. The molecule has 19 heavy (non-hydrogen) atoms. The lowest BCUT2D eigenvalue weighted by atomic mass is 9.82. The topological polar surface area (TPSA) is 40.6 Å². The highest BCUT2D eigenvalue weighted by atomic mass is 16.2. The van der Waals surface area contributed by atoms with Gasteiger partial charge in [-0.1, -0.05) is 19.8 Å². The predicted octanol–water partition coefficient (Wildman–Crippen LogP) is 1.65. The predicted molar refractivity (Wildman–Crippen MR) is 72.4 cm³/mol. The summed E-state index contributed by atoms with van der Waals surface area (Å²) in [6, 6.07) is -0.135. The van der Waals surface area contributed by atoms with Crippen LogP contribution in [0.2, 0.25) is 0 Å². The molecule has 0 aromatic rings. The molecule has 4 nitrogen and oxygen atoms in total. The van der Waals surface area contributed by atoms with Crippen molar-refractivity contribution in [2.75, 3.05) is 19.6 Å². The Bertz CT molecular complexity index is 374. The SMILES string of the molecule is CC1CCC(CN2CC(=O)N3CCCC3C2=O)CC1. The van der Waals surface area contributed by atoms with Gasteiger partial charge >= 0.3 is 0 Å². The summed E-state index contributed by atoms with van der Waals surface area (Å²) in [6.07, 6.45) is 6.83. The van der Waals surface area contributed by atoms with Gasteiger partial charge in [0.1, 0.15) is 6.04 Å². The molecule has 1 unspecified atom stereocenters. The number of carbonyl (C=O) groups is 2. The second-order valence-electron chi connectivity index (χ2n) is 6.59. The fourth-order valence-electron chi connectivity index (χ4n) is 3.84. The van der Waals surface area contributed by atoms with Gasteiger partial charge in [0.25, 0.3) is 0 Å². The summed E-state index contributed by atoms with van der Waals surface area (Å²) in [6.45, 7) is 4.22. The summed E-state index contributed by atoms with van der Waals surface area (Å²) in [5, 5.41) is 0. The molecule has 0 aromatic heterocycles. The van der Waals surface area contributed by atoms with E-state index in [0.717, 1.165) is 31.8 Å². The van der Waals surface area contributed by atoms with Crippen LogP contribution in [-0.4, -0.2) is 47.3 Å². The number of nitrogens with zero attached hydrogens (tertiary/aromatic N) is 2. The van der Waals surface area contributed by atoms with E-state index in [2.05, 4.69) is 6.92 Å². The van der Waals surface area contributed by atoms with Gasteiger partial charge in [-0.25, -0.2) is 0 Å². The fourth-order valence-corrected chi connectivity index (χ4v) is 3.84. The average molecular weight is 264 g/mol. The van der Waals surface area contributed by atoms with Gasteiger partial charge in [-0.2, -0.15) is 0 Å². The molecule has 0 bridgehead atoms. The van der Waals surface area contributed by atoms with Crippen LogP contribution in [0.15, 0.2) is 0 Å². The van der Waals surface area contributed by atoms with Gasteiger partial charge in [0.15, 0.2) is 0 Å². The Balaban J connectivity index is 1.61. The lowest BCUT2D eigenvalue weighted by Gasteiger charge is -2.39. The van der Waals surface area contributed by atoms with Crippen molar-refractivity contribution in [2.45, 2.75) is 51.5 Å². The first-order valence-corrected chi connectivity index (χ1v) is 7.73. The van der Waals surface area contributed by atoms with E-state index in [0.29, 0.717) is 12.5 Å². The maximum absolute atomic E-state index is 12.4. The molecule has 0 aromatic carbocycles. The van der Waals surface area contributed by atoms with Crippen molar-refractivity contribution >= 4 is 11.8 Å². The number of piperazine rings is 1. The third-order valence-electron chi connectivity index (χ3n) is 5.11. The highest BCUT2D eigenvalue weighted by Crippen LogP contribution is 2.30. The van der Waals surface area contributed by atoms with Crippen LogP contribution in [0.3, 0.4) is 0 Å². The molecule has 0 radical (unpaired) electrons. The van der Waals surface area contributed by atoms with Gasteiger partial charge in [0.2, 0.25) is 11.8 Å². The Hall–Kier alpha value is -1.06. The number of fused-ring (bicyclic) bond motifs is 1. The third-order valence-corrected chi connectivity index (χ3v) is 5.11. The van der Waals surface area contributed by atoms with Gasteiger partial charge in [0.05, 0.1) is 6.54 Å². The van der Waals surface area contributed by atoms with Gasteiger partial charge in [-0.3, -0.25) is 9.59 Å². The number of hydrogen-bond acceptors (Lipinski definition) is 2. The minimum absolute atomic E-state index is 0.135. The van der Waals surface area contributed by atoms with Crippen molar-refractivity contribution in [2.24, 2.45) is 11.8 Å². The molecule has 0 N–H and O–H groups in total. The molecule has 2 heterocycles. The molecule has 1 atom stereocenters. The minimum Gasteiger partial charge on any atom is -0.331 e. The summed E-state index contributed by atoms with van der Waals surface area (Å²) in [7, 11) is 0. The fraction of sp³-hybridized carbons (Fsp3) is 0.867. The van der Waals surface area contributed by atoms with Crippen molar-refractivity contribution in [3.05, 3.63) is 0 Å². The number of rotatable bonds is 2. The molecule has 3 rings (SSSR count). The van der Waals surface area contributed by atoms with Gasteiger partial charge in [-0.05, 0) is 37.5 Å². The summed E-state index contributed by atoms with van der Waals surface area (Å²) in [5.74, 6) is 1.81. The molecular weight excluding hydrogens is 240 g/mol. The molecule has 2 saturated heterocycles. The van der Waals surface area contributed by atoms with Crippen LogP contribution in [0.1, 0.15) is 45.4 Å². The summed E-state index contributed by atoms with van der Waals surface area (Å²) in [4.78, 5) is 28.1. The number of hydrogen-bond donors (Lipinski definition) is 0. The van der Waals surface area contributed by atoms with Crippen LogP contribution < -0.4 is 0 Å². The maximum atomic E-state index is 12.4. The number of amides is 2. The zero-order valence-electron chi connectivity index (χ0n) is 11.8. The van der Waals surface area contributed by atoms with Crippen molar-refractivity contribution in [1.29, 1.82) is 0 Å². The molecule has 4 heteroatoms. The smallest absolute Gasteiger partial charge is 0.245 e. The van der Waals surface area contributed by atoms with Crippen LogP contribution in [0.25, 0.3) is 0 Å². The summed E-state index contributed by atoms with van der Waals surface area (Å²) in [5.41, 5.74) is 0. The minimum atomic E-state index is -0.135. The summed E-state index contributed by atoms with van der Waals surface area (Å²) >= 11 is 0. The normalized spacial score (nSPS) is 35.7. The zero-order chi connectivity index (χ0) is 13.4. The van der Waals surface area contributed by atoms with Crippen molar-refractivity contribution in [1.82, 2.24) is 9.80 Å². The van der Waals surface area contributed by atoms with E-state index in [1.807, 2.05) is 4.90 Å². The van der Waals surface area contributed by atoms with E-state index < -0.39 is 0 Å². The third kappa shape index (κ3) is 2.49. The largest absolute Gasteiger partial charge is 0.331 e. The van der Waals surface area contributed by atoms with Crippen LogP contribution in [0, 0.1) is 11.8 Å². The quantitative estimate of drug-likeness (QED) is 0.761. The van der Waals surface area contributed by atoms with E-state index in [9.17, 15) is 9.59 Å².